The summed E-state index contributed by atoms with van der Waals surface area (Å²) in [7, 11) is 0. The van der Waals surface area contributed by atoms with Gasteiger partial charge in [-0.25, -0.2) is 0 Å². The van der Waals surface area contributed by atoms with Gasteiger partial charge in [0.1, 0.15) is 0 Å². The van der Waals surface area contributed by atoms with Crippen LogP contribution in [0, 0.1) is 18.8 Å². The zero-order chi connectivity index (χ0) is 5.86. The van der Waals surface area contributed by atoms with Gasteiger partial charge in [0.2, 0.25) is 0 Å². The summed E-state index contributed by atoms with van der Waals surface area (Å²) in [6, 6.07) is 0. The lowest BCUT2D eigenvalue weighted by molar-refractivity contribution is 0.506. The summed E-state index contributed by atoms with van der Waals surface area (Å²) < 4.78 is 0. The smallest absolute Gasteiger partial charge is 0.0254 e. The zero-order valence-electron chi connectivity index (χ0n) is 4.95. The summed E-state index contributed by atoms with van der Waals surface area (Å²) in [4.78, 5) is 0. The standard InChI is InChI=1S/C6H12Cl/c1-5(2)6(3)4-7/h5-6H,3-4H2,1-2H3. The van der Waals surface area contributed by atoms with Crippen LogP contribution in [0.2, 0.25) is 0 Å². The van der Waals surface area contributed by atoms with E-state index in [1.54, 1.807) is 0 Å². The van der Waals surface area contributed by atoms with E-state index in [1.807, 2.05) is 0 Å². The topological polar surface area (TPSA) is 0 Å². The van der Waals surface area contributed by atoms with Crippen LogP contribution in [0.15, 0.2) is 0 Å². The molecule has 0 amide bonds. The molecule has 0 aliphatic rings. The van der Waals surface area contributed by atoms with Crippen molar-refractivity contribution in [2.45, 2.75) is 13.8 Å². The Kier molecular flexibility index (Phi) is 3.45. The summed E-state index contributed by atoms with van der Waals surface area (Å²) in [6.07, 6.45) is 0. The van der Waals surface area contributed by atoms with Crippen molar-refractivity contribution in [2.24, 2.45) is 11.8 Å². The highest BCUT2D eigenvalue weighted by molar-refractivity contribution is 6.18. The average Bonchev–Trinajstić information content (AvgIpc) is 1.65. The molecule has 0 aromatic carbocycles. The molecular formula is C6H12Cl. The molecule has 0 rings (SSSR count). The molecular weight excluding hydrogens is 108 g/mol. The second kappa shape index (κ2) is 3.31. The molecule has 0 heterocycles. The third-order valence-corrected chi connectivity index (χ3v) is 1.54. The van der Waals surface area contributed by atoms with Crippen molar-refractivity contribution in [3.8, 4) is 0 Å². The fraction of sp³-hybridized carbons (Fsp3) is 0.833. The maximum absolute atomic E-state index is 5.48. The second-order valence-electron chi connectivity index (χ2n) is 2.16. The van der Waals surface area contributed by atoms with E-state index in [0.29, 0.717) is 17.7 Å². The molecule has 0 saturated carbocycles. The van der Waals surface area contributed by atoms with Crippen molar-refractivity contribution in [3.63, 3.8) is 0 Å². The van der Waals surface area contributed by atoms with Crippen molar-refractivity contribution >= 4 is 11.6 Å². The lowest BCUT2D eigenvalue weighted by atomic mass is 10.0. The summed E-state index contributed by atoms with van der Waals surface area (Å²) in [5, 5.41) is 0. The highest BCUT2D eigenvalue weighted by Gasteiger charge is 2.02. The highest BCUT2D eigenvalue weighted by Crippen LogP contribution is 2.09. The first kappa shape index (κ1) is 7.29. The molecule has 0 aliphatic carbocycles. The van der Waals surface area contributed by atoms with Gasteiger partial charge in [0.15, 0.2) is 0 Å². The van der Waals surface area contributed by atoms with E-state index in [9.17, 15) is 0 Å². The molecule has 1 heteroatoms. The van der Waals surface area contributed by atoms with E-state index in [-0.39, 0.29) is 0 Å². The van der Waals surface area contributed by atoms with Crippen molar-refractivity contribution in [2.75, 3.05) is 5.88 Å². The van der Waals surface area contributed by atoms with Gasteiger partial charge in [0, 0.05) is 5.88 Å². The van der Waals surface area contributed by atoms with Crippen LogP contribution in [0.3, 0.4) is 0 Å². The van der Waals surface area contributed by atoms with Crippen molar-refractivity contribution < 1.29 is 0 Å². The summed E-state index contributed by atoms with van der Waals surface area (Å²) in [5.74, 6) is 1.72. The summed E-state index contributed by atoms with van der Waals surface area (Å²) in [5.41, 5.74) is 0. The van der Waals surface area contributed by atoms with Gasteiger partial charge in [0.25, 0.3) is 0 Å². The third kappa shape index (κ3) is 2.93. The van der Waals surface area contributed by atoms with Gasteiger partial charge in [-0.3, -0.25) is 0 Å². The van der Waals surface area contributed by atoms with E-state index in [0.717, 1.165) is 0 Å². The van der Waals surface area contributed by atoms with Gasteiger partial charge in [-0.1, -0.05) is 13.8 Å². The van der Waals surface area contributed by atoms with Crippen molar-refractivity contribution in [3.05, 3.63) is 6.92 Å². The molecule has 0 N–H and O–H groups in total. The quantitative estimate of drug-likeness (QED) is 0.490. The molecule has 0 aliphatic heterocycles. The second-order valence-corrected chi connectivity index (χ2v) is 2.47. The van der Waals surface area contributed by atoms with Gasteiger partial charge in [0.05, 0.1) is 0 Å². The largest absolute Gasteiger partial charge is 0.126 e. The van der Waals surface area contributed by atoms with E-state index in [1.165, 1.54) is 0 Å². The monoisotopic (exact) mass is 119 g/mol. The molecule has 1 radical (unpaired) electrons. The molecule has 0 nitrogen and oxygen atoms in total. The normalized spacial score (nSPS) is 15.0. The number of hydrogen-bond acceptors (Lipinski definition) is 0. The maximum atomic E-state index is 5.48. The Morgan fingerprint density at radius 3 is 2.00 bits per heavy atom. The Bertz CT molecular complexity index is 41.4. The van der Waals surface area contributed by atoms with E-state index < -0.39 is 0 Å². The van der Waals surface area contributed by atoms with Gasteiger partial charge >= 0.3 is 0 Å². The maximum Gasteiger partial charge on any atom is 0.0254 e. The van der Waals surface area contributed by atoms with Crippen LogP contribution in [0.4, 0.5) is 0 Å². The van der Waals surface area contributed by atoms with E-state index in [2.05, 4.69) is 20.8 Å². The average molecular weight is 120 g/mol. The fourth-order valence-corrected chi connectivity index (χ4v) is 0.535. The molecule has 1 atom stereocenters. The molecule has 7 heavy (non-hydrogen) atoms. The fourth-order valence-electron chi connectivity index (χ4n) is 0.178. The Hall–Kier alpha value is 0.290. The van der Waals surface area contributed by atoms with Crippen molar-refractivity contribution in [1.29, 1.82) is 0 Å². The first-order chi connectivity index (χ1) is 3.18. The van der Waals surface area contributed by atoms with Crippen LogP contribution >= 0.6 is 11.6 Å². The molecule has 0 aromatic rings. The van der Waals surface area contributed by atoms with Crippen LogP contribution in [-0.2, 0) is 0 Å². The first-order valence-corrected chi connectivity index (χ1v) is 3.11. The molecule has 0 bridgehead atoms. The van der Waals surface area contributed by atoms with Gasteiger partial charge in [-0.15, -0.1) is 11.6 Å². The molecule has 0 saturated heterocycles. The lowest BCUT2D eigenvalue weighted by Crippen LogP contribution is -2.04. The highest BCUT2D eigenvalue weighted by atomic mass is 35.5. The predicted octanol–water partition coefficient (Wildman–Crippen LogP) is 2.33. The minimum Gasteiger partial charge on any atom is -0.126 e. The SMILES string of the molecule is [CH2]C(CCl)C(C)C. The predicted molar refractivity (Wildman–Crippen MR) is 34.4 cm³/mol. The third-order valence-electron chi connectivity index (χ3n) is 1.14. The Morgan fingerprint density at radius 1 is 1.57 bits per heavy atom. The molecule has 0 spiro atoms. The number of hydrogen-bond donors (Lipinski definition) is 0. The van der Waals surface area contributed by atoms with Crippen LogP contribution in [0.1, 0.15) is 13.8 Å². The van der Waals surface area contributed by atoms with Gasteiger partial charge < -0.3 is 0 Å². The molecule has 0 fully saturated rings. The van der Waals surface area contributed by atoms with E-state index in [4.69, 9.17) is 11.6 Å². The summed E-state index contributed by atoms with van der Waals surface area (Å²) >= 11 is 5.48. The zero-order valence-corrected chi connectivity index (χ0v) is 5.70. The lowest BCUT2D eigenvalue weighted by Gasteiger charge is -2.09. The number of rotatable bonds is 2. The Labute approximate surface area is 50.9 Å². The number of halogens is 1. The van der Waals surface area contributed by atoms with Crippen molar-refractivity contribution in [1.82, 2.24) is 0 Å². The minimum atomic E-state index is 0.418. The molecule has 43 valence electrons. The Morgan fingerprint density at radius 2 is 2.00 bits per heavy atom. The van der Waals surface area contributed by atoms with Crippen LogP contribution < -0.4 is 0 Å². The summed E-state index contributed by atoms with van der Waals surface area (Å²) in [6.45, 7) is 8.07. The van der Waals surface area contributed by atoms with Gasteiger partial charge in [-0.05, 0) is 18.8 Å². The Balaban J connectivity index is 3.14. The molecule has 1 unspecified atom stereocenters. The molecule has 0 aromatic heterocycles. The van der Waals surface area contributed by atoms with Crippen LogP contribution in [0.5, 0.6) is 0 Å². The van der Waals surface area contributed by atoms with Crippen LogP contribution in [-0.4, -0.2) is 5.88 Å². The first-order valence-electron chi connectivity index (χ1n) is 2.57. The van der Waals surface area contributed by atoms with E-state index >= 15 is 0 Å². The van der Waals surface area contributed by atoms with Gasteiger partial charge in [-0.2, -0.15) is 0 Å². The van der Waals surface area contributed by atoms with Crippen LogP contribution in [0.25, 0.3) is 0 Å². The minimum absolute atomic E-state index is 0.418. The number of alkyl halides is 1.